The van der Waals surface area contributed by atoms with E-state index in [4.69, 9.17) is 0 Å². The van der Waals surface area contributed by atoms with Crippen LogP contribution in [0.2, 0.25) is 0 Å². The molecule has 0 aliphatic rings. The van der Waals surface area contributed by atoms with Crippen LogP contribution in [-0.2, 0) is 9.59 Å². The first-order chi connectivity index (χ1) is 10.9. The van der Waals surface area contributed by atoms with Crippen molar-refractivity contribution in [3.8, 4) is 0 Å². The number of ketones is 1. The molecule has 23 heavy (non-hydrogen) atoms. The van der Waals surface area contributed by atoms with E-state index in [2.05, 4.69) is 10.6 Å². The quantitative estimate of drug-likeness (QED) is 0.658. The molecule has 0 unspecified atom stereocenters. The summed E-state index contributed by atoms with van der Waals surface area (Å²) in [5.41, 5.74) is 2.67. The maximum atomic E-state index is 11.9. The number of carbonyl (C=O) groups excluding carboxylic acids is 3. The highest BCUT2D eigenvalue weighted by atomic mass is 16.2. The summed E-state index contributed by atoms with van der Waals surface area (Å²) in [5, 5.41) is 5.29. The molecule has 0 aliphatic carbocycles. The average Bonchev–Trinajstić information content (AvgIpc) is 2.47. The molecular formula is C18H18N2O3. The smallest absolute Gasteiger partial charge is 0.233 e. The largest absolute Gasteiger partial charge is 0.326 e. The number of anilines is 2. The van der Waals surface area contributed by atoms with E-state index in [1.165, 1.54) is 6.92 Å². The summed E-state index contributed by atoms with van der Waals surface area (Å²) in [5.74, 6) is -0.912. The highest BCUT2D eigenvalue weighted by Crippen LogP contribution is 2.12. The number of rotatable bonds is 5. The van der Waals surface area contributed by atoms with Gasteiger partial charge in [-0.15, -0.1) is 0 Å². The minimum atomic E-state index is -0.434. The van der Waals surface area contributed by atoms with Gasteiger partial charge in [0.2, 0.25) is 11.8 Å². The first-order valence-corrected chi connectivity index (χ1v) is 7.21. The number of aryl methyl sites for hydroxylation is 1. The van der Waals surface area contributed by atoms with Crippen molar-refractivity contribution in [1.29, 1.82) is 0 Å². The molecule has 2 rings (SSSR count). The molecule has 2 N–H and O–H groups in total. The van der Waals surface area contributed by atoms with Crippen LogP contribution in [0.3, 0.4) is 0 Å². The van der Waals surface area contributed by atoms with Gasteiger partial charge >= 0.3 is 0 Å². The van der Waals surface area contributed by atoms with Gasteiger partial charge in [-0.1, -0.05) is 24.3 Å². The standard InChI is InChI=1S/C18H18N2O3/c1-12-5-3-7-15(9-12)19-17(22)11-18(23)20-16-8-4-6-14(10-16)13(2)21/h3-10H,11H2,1-2H3,(H,19,22)(H,20,23). The number of hydrogen-bond donors (Lipinski definition) is 2. The highest BCUT2D eigenvalue weighted by molar-refractivity contribution is 6.08. The zero-order valence-corrected chi connectivity index (χ0v) is 13.1. The van der Waals surface area contributed by atoms with Crippen molar-refractivity contribution < 1.29 is 14.4 Å². The van der Waals surface area contributed by atoms with Gasteiger partial charge in [-0.25, -0.2) is 0 Å². The molecule has 2 amide bonds. The van der Waals surface area contributed by atoms with Crippen molar-refractivity contribution in [3.05, 3.63) is 59.7 Å². The summed E-state index contributed by atoms with van der Waals surface area (Å²) in [7, 11) is 0. The number of nitrogens with one attached hydrogen (secondary N) is 2. The molecule has 0 atom stereocenters. The van der Waals surface area contributed by atoms with Gasteiger partial charge in [0.05, 0.1) is 0 Å². The number of carbonyl (C=O) groups is 3. The fourth-order valence-corrected chi connectivity index (χ4v) is 2.09. The van der Waals surface area contributed by atoms with Crippen molar-refractivity contribution in [3.63, 3.8) is 0 Å². The average molecular weight is 310 g/mol. The normalized spacial score (nSPS) is 10.0. The molecule has 118 valence electrons. The molecule has 2 aromatic rings. The third-order valence-corrected chi connectivity index (χ3v) is 3.18. The number of amides is 2. The van der Waals surface area contributed by atoms with Crippen LogP contribution in [0.15, 0.2) is 48.5 Å². The third-order valence-electron chi connectivity index (χ3n) is 3.18. The van der Waals surface area contributed by atoms with Crippen molar-refractivity contribution in [2.45, 2.75) is 20.3 Å². The second-order valence-corrected chi connectivity index (χ2v) is 5.28. The maximum absolute atomic E-state index is 11.9. The SMILES string of the molecule is CC(=O)c1cccc(NC(=O)CC(=O)Nc2cccc(C)c2)c1. The molecule has 5 heteroatoms. The van der Waals surface area contributed by atoms with Crippen LogP contribution in [0.25, 0.3) is 0 Å². The second-order valence-electron chi connectivity index (χ2n) is 5.28. The van der Waals surface area contributed by atoms with Crippen molar-refractivity contribution in [2.24, 2.45) is 0 Å². The fourth-order valence-electron chi connectivity index (χ4n) is 2.09. The predicted molar refractivity (Wildman–Crippen MR) is 89.5 cm³/mol. The van der Waals surface area contributed by atoms with E-state index in [1.807, 2.05) is 25.1 Å². The summed E-state index contributed by atoms with van der Waals surface area (Å²) in [4.78, 5) is 35.1. The minimum absolute atomic E-state index is 0.0849. The van der Waals surface area contributed by atoms with Crippen LogP contribution in [0.1, 0.15) is 29.3 Å². The molecule has 0 spiro atoms. The Balaban J connectivity index is 1.93. The Morgan fingerprint density at radius 3 is 2.00 bits per heavy atom. The Hall–Kier alpha value is -2.95. The lowest BCUT2D eigenvalue weighted by Crippen LogP contribution is -2.21. The van der Waals surface area contributed by atoms with E-state index in [-0.39, 0.29) is 12.2 Å². The predicted octanol–water partition coefficient (Wildman–Crippen LogP) is 3.16. The van der Waals surface area contributed by atoms with Crippen molar-refractivity contribution >= 4 is 29.0 Å². The monoisotopic (exact) mass is 310 g/mol. The van der Waals surface area contributed by atoms with Crippen LogP contribution < -0.4 is 10.6 Å². The molecule has 0 saturated carbocycles. The van der Waals surface area contributed by atoms with Crippen LogP contribution in [0.4, 0.5) is 11.4 Å². The summed E-state index contributed by atoms with van der Waals surface area (Å²) in [6.07, 6.45) is -0.293. The summed E-state index contributed by atoms with van der Waals surface area (Å²) in [6, 6.07) is 13.9. The second kappa shape index (κ2) is 7.35. The van der Waals surface area contributed by atoms with Gasteiger partial charge in [-0.05, 0) is 43.7 Å². The fraction of sp³-hybridized carbons (Fsp3) is 0.167. The van der Waals surface area contributed by atoms with Crippen LogP contribution in [0, 0.1) is 6.92 Å². The first kappa shape index (κ1) is 16.4. The van der Waals surface area contributed by atoms with Gasteiger partial charge in [0.1, 0.15) is 6.42 Å². The minimum Gasteiger partial charge on any atom is -0.326 e. The molecule has 0 heterocycles. The summed E-state index contributed by atoms with van der Waals surface area (Å²) >= 11 is 0. The number of Topliss-reactive ketones (excluding diaryl/α,β-unsaturated/α-hetero) is 1. The van der Waals surface area contributed by atoms with E-state index >= 15 is 0 Å². The maximum Gasteiger partial charge on any atom is 0.233 e. The van der Waals surface area contributed by atoms with E-state index in [9.17, 15) is 14.4 Å². The third kappa shape index (κ3) is 5.07. The molecule has 5 nitrogen and oxygen atoms in total. The van der Waals surface area contributed by atoms with Gasteiger partial charge in [0.25, 0.3) is 0 Å². The zero-order valence-electron chi connectivity index (χ0n) is 13.1. The molecule has 2 aromatic carbocycles. The van der Waals surface area contributed by atoms with E-state index in [1.54, 1.807) is 30.3 Å². The van der Waals surface area contributed by atoms with Crippen LogP contribution >= 0.6 is 0 Å². The Morgan fingerprint density at radius 2 is 1.43 bits per heavy atom. The van der Waals surface area contributed by atoms with Gasteiger partial charge in [-0.2, -0.15) is 0 Å². The van der Waals surface area contributed by atoms with Crippen LogP contribution in [-0.4, -0.2) is 17.6 Å². The molecule has 0 fully saturated rings. The Morgan fingerprint density at radius 1 is 0.870 bits per heavy atom. The number of hydrogen-bond acceptors (Lipinski definition) is 3. The van der Waals surface area contributed by atoms with Crippen LogP contribution in [0.5, 0.6) is 0 Å². The Labute approximate surface area is 134 Å². The van der Waals surface area contributed by atoms with Crippen molar-refractivity contribution in [1.82, 2.24) is 0 Å². The highest BCUT2D eigenvalue weighted by Gasteiger charge is 2.11. The van der Waals surface area contributed by atoms with E-state index < -0.39 is 11.8 Å². The van der Waals surface area contributed by atoms with E-state index in [0.29, 0.717) is 16.9 Å². The lowest BCUT2D eigenvalue weighted by Gasteiger charge is -2.08. The summed E-state index contributed by atoms with van der Waals surface area (Å²) in [6.45, 7) is 3.38. The Bertz CT molecular complexity index is 753. The Kier molecular flexibility index (Phi) is 5.25. The van der Waals surface area contributed by atoms with Gasteiger partial charge < -0.3 is 10.6 Å². The molecule has 0 saturated heterocycles. The lowest BCUT2D eigenvalue weighted by molar-refractivity contribution is -0.123. The van der Waals surface area contributed by atoms with Crippen molar-refractivity contribution in [2.75, 3.05) is 10.6 Å². The molecular weight excluding hydrogens is 292 g/mol. The van der Waals surface area contributed by atoms with Gasteiger partial charge in [0, 0.05) is 16.9 Å². The lowest BCUT2D eigenvalue weighted by atomic mass is 10.1. The molecule has 0 aromatic heterocycles. The topological polar surface area (TPSA) is 75.3 Å². The summed E-state index contributed by atoms with van der Waals surface area (Å²) < 4.78 is 0. The van der Waals surface area contributed by atoms with E-state index in [0.717, 1.165) is 5.56 Å². The molecule has 0 bridgehead atoms. The van der Waals surface area contributed by atoms with Gasteiger partial charge in [-0.3, -0.25) is 14.4 Å². The van der Waals surface area contributed by atoms with Gasteiger partial charge in [0.15, 0.2) is 5.78 Å². The molecule has 0 radical (unpaired) electrons. The molecule has 0 aliphatic heterocycles. The first-order valence-electron chi connectivity index (χ1n) is 7.21. The zero-order chi connectivity index (χ0) is 16.8. The number of benzene rings is 2.